The van der Waals surface area contributed by atoms with Crippen molar-refractivity contribution in [2.24, 2.45) is 0 Å². The van der Waals surface area contributed by atoms with Gasteiger partial charge in [0.2, 0.25) is 12.1 Å². The lowest BCUT2D eigenvalue weighted by atomic mass is 9.97. The highest BCUT2D eigenvalue weighted by Crippen LogP contribution is 2.38. The number of anilines is 2. The molecule has 3 atom stereocenters. The van der Waals surface area contributed by atoms with Crippen LogP contribution in [-0.2, 0) is 4.79 Å². The van der Waals surface area contributed by atoms with Crippen molar-refractivity contribution in [2.45, 2.75) is 70.6 Å². The zero-order chi connectivity index (χ0) is 21.8. The average molecular weight is 425 g/mol. The Morgan fingerprint density at radius 3 is 2.61 bits per heavy atom. The van der Waals surface area contributed by atoms with Gasteiger partial charge in [-0.3, -0.25) is 9.69 Å². The third-order valence-electron chi connectivity index (χ3n) is 6.43. The number of carbonyl (C=O) groups is 1. The van der Waals surface area contributed by atoms with Crippen molar-refractivity contribution in [3.63, 3.8) is 0 Å². The summed E-state index contributed by atoms with van der Waals surface area (Å²) in [5.41, 5.74) is 6.85. The molecule has 1 unspecified atom stereocenters. The zero-order valence-electron chi connectivity index (χ0n) is 18.4. The molecule has 1 fully saturated rings. The van der Waals surface area contributed by atoms with E-state index in [1.54, 1.807) is 0 Å². The van der Waals surface area contributed by atoms with Crippen molar-refractivity contribution in [3.8, 4) is 5.75 Å². The number of unbranched alkanes of at least 4 members (excludes halogenated alkanes) is 2. The van der Waals surface area contributed by atoms with Crippen LogP contribution in [-0.4, -0.2) is 51.2 Å². The van der Waals surface area contributed by atoms with Crippen molar-refractivity contribution in [2.75, 3.05) is 23.7 Å². The first-order valence-corrected chi connectivity index (χ1v) is 11.3. The average Bonchev–Trinajstić information content (AvgIpc) is 2.76. The molecule has 2 aliphatic heterocycles. The number of fused-ring (bicyclic) bond motifs is 1. The largest absolute Gasteiger partial charge is 0.472 e. The number of ether oxygens (including phenoxy) is 1. The summed E-state index contributed by atoms with van der Waals surface area (Å²) in [6.45, 7) is 6.46. The van der Waals surface area contributed by atoms with Crippen LogP contribution in [0.25, 0.3) is 0 Å². The van der Waals surface area contributed by atoms with Gasteiger partial charge >= 0.3 is 0 Å². The van der Waals surface area contributed by atoms with Crippen LogP contribution in [0.5, 0.6) is 5.75 Å². The van der Waals surface area contributed by atoms with Gasteiger partial charge in [0.1, 0.15) is 11.4 Å². The number of benzene rings is 1. The minimum Gasteiger partial charge on any atom is -0.472 e. The van der Waals surface area contributed by atoms with Crippen LogP contribution in [0.2, 0.25) is 0 Å². The molecule has 8 nitrogen and oxygen atoms in total. The second kappa shape index (κ2) is 9.60. The highest BCUT2D eigenvalue weighted by Gasteiger charge is 2.36. The Morgan fingerprint density at radius 1 is 1.10 bits per heavy atom. The fourth-order valence-electron chi connectivity index (χ4n) is 4.75. The molecule has 1 aromatic carbocycles. The number of nitrogens with zero attached hydrogens (tertiary/aromatic N) is 5. The van der Waals surface area contributed by atoms with Crippen LogP contribution in [0, 0.1) is 0 Å². The molecule has 0 aliphatic carbocycles. The highest BCUT2D eigenvalue weighted by molar-refractivity contribution is 6.00. The first kappa shape index (κ1) is 21.5. The van der Waals surface area contributed by atoms with Crippen molar-refractivity contribution in [1.82, 2.24) is 20.1 Å². The Bertz CT molecular complexity index is 897. The van der Waals surface area contributed by atoms with Gasteiger partial charge in [-0.05, 0) is 58.2 Å². The molecule has 1 aromatic heterocycles. The number of hydrogen-bond donors (Lipinski definition) is 1. The number of likely N-dealkylation sites (tertiary alicyclic amines) is 1. The van der Waals surface area contributed by atoms with Gasteiger partial charge in [0.15, 0.2) is 0 Å². The maximum Gasteiger partial charge on any atom is 0.274 e. The molecular weight excluding hydrogens is 392 g/mol. The van der Waals surface area contributed by atoms with E-state index in [2.05, 4.69) is 33.9 Å². The van der Waals surface area contributed by atoms with E-state index < -0.39 is 6.10 Å². The maximum absolute atomic E-state index is 13.3. The van der Waals surface area contributed by atoms with E-state index in [0.29, 0.717) is 30.1 Å². The number of rotatable bonds is 7. The molecule has 31 heavy (non-hydrogen) atoms. The van der Waals surface area contributed by atoms with Crippen LogP contribution in [0.1, 0.15) is 64.2 Å². The van der Waals surface area contributed by atoms with E-state index in [1.165, 1.54) is 25.5 Å². The van der Waals surface area contributed by atoms with Gasteiger partial charge in [-0.2, -0.15) is 5.10 Å². The Labute approximate surface area is 183 Å². The summed E-state index contributed by atoms with van der Waals surface area (Å²) in [6.07, 6.45) is 7.68. The lowest BCUT2D eigenvalue weighted by Gasteiger charge is -2.39. The molecule has 2 aromatic rings. The zero-order valence-corrected chi connectivity index (χ0v) is 18.4. The van der Waals surface area contributed by atoms with E-state index in [4.69, 9.17) is 10.5 Å². The Balaban J connectivity index is 1.39. The van der Waals surface area contributed by atoms with E-state index in [0.717, 1.165) is 31.5 Å². The lowest BCUT2D eigenvalue weighted by molar-refractivity contribution is -0.126. The topological polar surface area (TPSA) is 97.5 Å². The predicted molar refractivity (Wildman–Crippen MR) is 120 cm³/mol. The summed E-state index contributed by atoms with van der Waals surface area (Å²) in [4.78, 5) is 21.9. The van der Waals surface area contributed by atoms with Crippen LogP contribution in [0.4, 0.5) is 11.6 Å². The van der Waals surface area contributed by atoms with Gasteiger partial charge in [-0.15, -0.1) is 5.10 Å². The SMILES string of the molecule is C[C@@H]1CCC[C@H](C)N1CCCCCN1C(=O)C(c2cnnc(N)n2)Oc2ccccc21. The van der Waals surface area contributed by atoms with Gasteiger partial charge in [0, 0.05) is 18.6 Å². The molecule has 1 saturated heterocycles. The molecule has 2 aliphatic rings. The van der Waals surface area contributed by atoms with Crippen molar-refractivity contribution >= 4 is 17.5 Å². The minimum atomic E-state index is -0.859. The molecule has 3 heterocycles. The first-order valence-electron chi connectivity index (χ1n) is 11.3. The van der Waals surface area contributed by atoms with Crippen LogP contribution in [0.15, 0.2) is 30.5 Å². The normalized spacial score (nSPS) is 24.0. The maximum atomic E-state index is 13.3. The number of carbonyl (C=O) groups excluding carboxylic acids is 1. The van der Waals surface area contributed by atoms with Gasteiger partial charge in [-0.25, -0.2) is 4.98 Å². The highest BCUT2D eigenvalue weighted by atomic mass is 16.5. The number of nitrogens with two attached hydrogens (primary N) is 1. The summed E-state index contributed by atoms with van der Waals surface area (Å²) in [5.74, 6) is 0.553. The van der Waals surface area contributed by atoms with Gasteiger partial charge in [0.25, 0.3) is 5.91 Å². The quantitative estimate of drug-likeness (QED) is 0.681. The van der Waals surface area contributed by atoms with E-state index >= 15 is 0 Å². The predicted octanol–water partition coefficient (Wildman–Crippen LogP) is 3.35. The standard InChI is InChI=1S/C23H32N6O2/c1-16-9-8-10-17(2)28(16)13-6-3-7-14-29-19-11-4-5-12-20(19)31-21(22(29)30)18-15-25-27-23(24)26-18/h4-5,11-12,15-17,21H,3,6-10,13-14H2,1-2H3,(H2,24,26,27)/t16-,17+,21?. The molecule has 0 radical (unpaired) electrons. The van der Waals surface area contributed by atoms with E-state index in [1.807, 2.05) is 29.2 Å². The van der Waals surface area contributed by atoms with Gasteiger partial charge < -0.3 is 15.4 Å². The first-order chi connectivity index (χ1) is 15.0. The molecule has 8 heteroatoms. The molecule has 0 bridgehead atoms. The second-order valence-electron chi connectivity index (χ2n) is 8.62. The smallest absolute Gasteiger partial charge is 0.274 e. The van der Waals surface area contributed by atoms with Gasteiger partial charge in [-0.1, -0.05) is 25.0 Å². The molecule has 166 valence electrons. The number of nitrogen functional groups attached to an aromatic ring is 1. The second-order valence-corrected chi connectivity index (χ2v) is 8.62. The van der Waals surface area contributed by atoms with E-state index in [-0.39, 0.29) is 11.9 Å². The number of piperidine rings is 1. The van der Waals surface area contributed by atoms with Crippen molar-refractivity contribution in [1.29, 1.82) is 0 Å². The van der Waals surface area contributed by atoms with Crippen molar-refractivity contribution < 1.29 is 9.53 Å². The third-order valence-corrected chi connectivity index (χ3v) is 6.43. The van der Waals surface area contributed by atoms with Crippen LogP contribution < -0.4 is 15.4 Å². The molecule has 4 rings (SSSR count). The monoisotopic (exact) mass is 424 g/mol. The number of hydrogen-bond acceptors (Lipinski definition) is 7. The number of amides is 1. The molecule has 1 amide bonds. The Hall–Kier alpha value is -2.74. The summed E-state index contributed by atoms with van der Waals surface area (Å²) in [5, 5.41) is 7.50. The minimum absolute atomic E-state index is 0.0282. The third kappa shape index (κ3) is 4.79. The molecule has 0 spiro atoms. The van der Waals surface area contributed by atoms with Crippen molar-refractivity contribution in [3.05, 3.63) is 36.2 Å². The summed E-state index contributed by atoms with van der Waals surface area (Å²) in [6, 6.07) is 8.97. The Kier molecular flexibility index (Phi) is 6.65. The summed E-state index contributed by atoms with van der Waals surface area (Å²) >= 11 is 0. The summed E-state index contributed by atoms with van der Waals surface area (Å²) in [7, 11) is 0. The molecular formula is C23H32N6O2. The molecule has 0 saturated carbocycles. The lowest BCUT2D eigenvalue weighted by Crippen LogP contribution is -2.44. The van der Waals surface area contributed by atoms with Gasteiger partial charge in [0.05, 0.1) is 11.9 Å². The Morgan fingerprint density at radius 2 is 1.84 bits per heavy atom. The number of aromatic nitrogens is 3. The molecule has 2 N–H and O–H groups in total. The van der Waals surface area contributed by atoms with Crippen LogP contribution in [0.3, 0.4) is 0 Å². The summed E-state index contributed by atoms with van der Waals surface area (Å²) < 4.78 is 5.96. The fourth-order valence-corrected chi connectivity index (χ4v) is 4.75. The number of para-hydroxylation sites is 2. The fraction of sp³-hybridized carbons (Fsp3) is 0.565. The van der Waals surface area contributed by atoms with Crippen LogP contribution >= 0.6 is 0 Å². The van der Waals surface area contributed by atoms with E-state index in [9.17, 15) is 4.79 Å².